The van der Waals surface area contributed by atoms with Gasteiger partial charge in [-0.3, -0.25) is 9.59 Å². The molecule has 1 rings (SSSR count). The fraction of sp³-hybridized carbons (Fsp3) is 0.833. The molecule has 17 heavy (non-hydrogen) atoms. The maximum atomic E-state index is 11.9. The van der Waals surface area contributed by atoms with Gasteiger partial charge in [-0.15, -0.1) is 0 Å². The Morgan fingerprint density at radius 2 is 2.18 bits per heavy atom. The highest BCUT2D eigenvalue weighted by atomic mass is 16.5. The second-order valence-electron chi connectivity index (χ2n) is 4.43. The normalized spacial score (nSPS) is 20.3. The number of carbonyl (C=O) groups excluding carboxylic acids is 1. The highest BCUT2D eigenvalue weighted by molar-refractivity contribution is 5.77. The van der Waals surface area contributed by atoms with Gasteiger partial charge in [-0.2, -0.15) is 0 Å². The van der Waals surface area contributed by atoms with E-state index in [0.717, 1.165) is 19.3 Å². The quantitative estimate of drug-likeness (QED) is 0.713. The van der Waals surface area contributed by atoms with E-state index in [4.69, 9.17) is 9.84 Å². The van der Waals surface area contributed by atoms with E-state index in [9.17, 15) is 9.59 Å². The van der Waals surface area contributed by atoms with Crippen molar-refractivity contribution in [3.8, 4) is 0 Å². The summed E-state index contributed by atoms with van der Waals surface area (Å²) < 4.78 is 4.91. The first kappa shape index (κ1) is 14.0. The van der Waals surface area contributed by atoms with Crippen molar-refractivity contribution >= 4 is 11.9 Å². The molecule has 1 aliphatic heterocycles. The number of piperidine rings is 1. The molecule has 1 aliphatic rings. The first-order valence-corrected chi connectivity index (χ1v) is 6.15. The third kappa shape index (κ3) is 4.73. The van der Waals surface area contributed by atoms with Crippen LogP contribution in [0.2, 0.25) is 0 Å². The van der Waals surface area contributed by atoms with Crippen molar-refractivity contribution in [1.29, 1.82) is 0 Å². The highest BCUT2D eigenvalue weighted by Gasteiger charge is 2.27. The summed E-state index contributed by atoms with van der Waals surface area (Å²) in [4.78, 5) is 24.4. The number of nitrogens with zero attached hydrogens (tertiary/aromatic N) is 1. The van der Waals surface area contributed by atoms with Crippen molar-refractivity contribution in [1.82, 2.24) is 4.90 Å². The Hall–Kier alpha value is -1.10. The number of carbonyl (C=O) groups is 2. The lowest BCUT2D eigenvalue weighted by molar-refractivity contribution is -0.142. The Morgan fingerprint density at radius 1 is 1.41 bits per heavy atom. The van der Waals surface area contributed by atoms with E-state index in [1.165, 1.54) is 0 Å². The molecular weight excluding hydrogens is 222 g/mol. The van der Waals surface area contributed by atoms with Gasteiger partial charge in [0.15, 0.2) is 0 Å². The number of carboxylic acid groups (broad SMARTS) is 1. The van der Waals surface area contributed by atoms with Gasteiger partial charge >= 0.3 is 5.97 Å². The molecule has 1 amide bonds. The van der Waals surface area contributed by atoms with Crippen LogP contribution in [0.5, 0.6) is 0 Å². The lowest BCUT2D eigenvalue weighted by Gasteiger charge is -2.35. The number of carboxylic acids is 1. The molecule has 1 unspecified atom stereocenters. The van der Waals surface area contributed by atoms with Crippen LogP contribution in [-0.2, 0) is 14.3 Å². The number of rotatable bonds is 6. The third-order valence-electron chi connectivity index (χ3n) is 3.10. The molecule has 1 fully saturated rings. The van der Waals surface area contributed by atoms with Crippen LogP contribution in [0.4, 0.5) is 0 Å². The number of amides is 1. The number of ether oxygens (including phenoxy) is 1. The first-order chi connectivity index (χ1) is 8.15. The van der Waals surface area contributed by atoms with Crippen molar-refractivity contribution in [2.24, 2.45) is 0 Å². The Kier molecular flexibility index (Phi) is 5.97. The maximum Gasteiger partial charge on any atom is 0.305 e. The standard InChI is InChI=1S/C12H21NO4/c1-17-8-4-6-11(14)13-7-3-2-5-10(13)9-12(15)16/h10H,2-9H2,1H3,(H,15,16). The molecule has 0 aromatic heterocycles. The minimum absolute atomic E-state index is 0.0630. The van der Waals surface area contributed by atoms with E-state index >= 15 is 0 Å². The highest BCUT2D eigenvalue weighted by Crippen LogP contribution is 2.20. The molecule has 0 bridgehead atoms. The van der Waals surface area contributed by atoms with E-state index < -0.39 is 5.97 Å². The molecule has 1 saturated heterocycles. The molecule has 0 spiro atoms. The summed E-state index contributed by atoms with van der Waals surface area (Å²) in [6.45, 7) is 1.27. The Bertz CT molecular complexity index is 267. The van der Waals surface area contributed by atoms with Crippen LogP contribution < -0.4 is 0 Å². The molecule has 98 valence electrons. The second-order valence-corrected chi connectivity index (χ2v) is 4.43. The Morgan fingerprint density at radius 3 is 2.82 bits per heavy atom. The zero-order valence-electron chi connectivity index (χ0n) is 10.4. The minimum Gasteiger partial charge on any atom is -0.481 e. The summed E-state index contributed by atoms with van der Waals surface area (Å²) in [7, 11) is 1.61. The summed E-state index contributed by atoms with van der Waals surface area (Å²) in [5.74, 6) is -0.764. The summed E-state index contributed by atoms with van der Waals surface area (Å²) in [6, 6.07) is -0.115. The van der Waals surface area contributed by atoms with Crippen molar-refractivity contribution in [2.45, 2.75) is 44.6 Å². The van der Waals surface area contributed by atoms with Crippen LogP contribution in [0, 0.1) is 0 Å². The Balaban J connectivity index is 2.45. The van der Waals surface area contributed by atoms with Gasteiger partial charge in [0.25, 0.3) is 0 Å². The van der Waals surface area contributed by atoms with Crippen molar-refractivity contribution in [3.05, 3.63) is 0 Å². The van der Waals surface area contributed by atoms with Gasteiger partial charge < -0.3 is 14.7 Å². The molecule has 1 heterocycles. The molecular formula is C12H21NO4. The lowest BCUT2D eigenvalue weighted by atomic mass is 9.99. The number of aliphatic carboxylic acids is 1. The van der Waals surface area contributed by atoms with Crippen LogP contribution in [0.1, 0.15) is 38.5 Å². The van der Waals surface area contributed by atoms with Crippen molar-refractivity contribution in [2.75, 3.05) is 20.3 Å². The third-order valence-corrected chi connectivity index (χ3v) is 3.10. The smallest absolute Gasteiger partial charge is 0.305 e. The molecule has 0 radical (unpaired) electrons. The van der Waals surface area contributed by atoms with E-state index in [2.05, 4.69) is 0 Å². The largest absolute Gasteiger partial charge is 0.481 e. The number of hydrogen-bond acceptors (Lipinski definition) is 3. The van der Waals surface area contributed by atoms with Crippen molar-refractivity contribution < 1.29 is 19.4 Å². The van der Waals surface area contributed by atoms with Crippen LogP contribution >= 0.6 is 0 Å². The zero-order valence-corrected chi connectivity index (χ0v) is 10.4. The van der Waals surface area contributed by atoms with Gasteiger partial charge in [0, 0.05) is 32.7 Å². The van der Waals surface area contributed by atoms with Gasteiger partial charge in [0.05, 0.1) is 6.42 Å². The van der Waals surface area contributed by atoms with Gasteiger partial charge in [0.1, 0.15) is 0 Å². The van der Waals surface area contributed by atoms with Crippen molar-refractivity contribution in [3.63, 3.8) is 0 Å². The van der Waals surface area contributed by atoms with Gasteiger partial charge in [0.2, 0.25) is 5.91 Å². The molecule has 0 aliphatic carbocycles. The molecule has 5 nitrogen and oxygen atoms in total. The van der Waals surface area contributed by atoms with Crippen LogP contribution in [0.25, 0.3) is 0 Å². The second kappa shape index (κ2) is 7.27. The molecule has 0 aromatic carbocycles. The van der Waals surface area contributed by atoms with E-state index in [0.29, 0.717) is 26.0 Å². The molecule has 0 aromatic rings. The molecule has 5 heteroatoms. The first-order valence-electron chi connectivity index (χ1n) is 6.15. The predicted molar refractivity (Wildman–Crippen MR) is 62.7 cm³/mol. The van der Waals surface area contributed by atoms with E-state index in [1.54, 1.807) is 12.0 Å². The topological polar surface area (TPSA) is 66.8 Å². The van der Waals surface area contributed by atoms with Crippen LogP contribution in [0.3, 0.4) is 0 Å². The average Bonchev–Trinajstić information content (AvgIpc) is 2.29. The van der Waals surface area contributed by atoms with Gasteiger partial charge in [-0.25, -0.2) is 0 Å². The maximum absolute atomic E-state index is 11.9. The number of likely N-dealkylation sites (tertiary alicyclic amines) is 1. The summed E-state index contributed by atoms with van der Waals surface area (Å²) in [5.41, 5.74) is 0. The minimum atomic E-state index is -0.827. The summed E-state index contributed by atoms with van der Waals surface area (Å²) in [5, 5.41) is 8.82. The fourth-order valence-electron chi connectivity index (χ4n) is 2.25. The SMILES string of the molecule is COCCCC(=O)N1CCCCC1CC(=O)O. The fourth-order valence-corrected chi connectivity index (χ4v) is 2.25. The average molecular weight is 243 g/mol. The van der Waals surface area contributed by atoms with Crippen LogP contribution in [-0.4, -0.2) is 48.2 Å². The monoisotopic (exact) mass is 243 g/mol. The lowest BCUT2D eigenvalue weighted by Crippen LogP contribution is -2.44. The number of methoxy groups -OCH3 is 1. The van der Waals surface area contributed by atoms with Gasteiger partial charge in [-0.05, 0) is 25.7 Å². The predicted octanol–water partition coefficient (Wildman–Crippen LogP) is 1.27. The summed E-state index contributed by atoms with van der Waals surface area (Å²) >= 11 is 0. The Labute approximate surface area is 102 Å². The van der Waals surface area contributed by atoms with E-state index in [1.807, 2.05) is 0 Å². The van der Waals surface area contributed by atoms with E-state index in [-0.39, 0.29) is 18.4 Å². The number of hydrogen-bond donors (Lipinski definition) is 1. The summed E-state index contributed by atoms with van der Waals surface area (Å²) in [6.07, 6.45) is 4.01. The molecule has 1 N–H and O–H groups in total. The van der Waals surface area contributed by atoms with Gasteiger partial charge in [-0.1, -0.05) is 0 Å². The molecule has 0 saturated carbocycles. The van der Waals surface area contributed by atoms with Crippen LogP contribution in [0.15, 0.2) is 0 Å². The zero-order chi connectivity index (χ0) is 12.7. The molecule has 1 atom stereocenters.